The molecule has 0 aliphatic heterocycles. The SMILES string of the molecule is Cc1ccccc1C(=O)NC(C)CCC(C)C. The Kier molecular flexibility index (Phi) is 5.20. The van der Waals surface area contributed by atoms with Crippen molar-refractivity contribution in [1.29, 1.82) is 0 Å². The minimum atomic E-state index is 0.0411. The molecular weight excluding hydrogens is 210 g/mol. The molecule has 1 unspecified atom stereocenters. The Morgan fingerprint density at radius 1 is 1.18 bits per heavy atom. The average molecular weight is 233 g/mol. The smallest absolute Gasteiger partial charge is 0.251 e. The highest BCUT2D eigenvalue weighted by molar-refractivity contribution is 5.95. The normalized spacial score (nSPS) is 12.5. The highest BCUT2D eigenvalue weighted by Gasteiger charge is 2.11. The summed E-state index contributed by atoms with van der Waals surface area (Å²) in [5.74, 6) is 0.729. The maximum Gasteiger partial charge on any atom is 0.251 e. The number of hydrogen-bond acceptors (Lipinski definition) is 1. The lowest BCUT2D eigenvalue weighted by Gasteiger charge is -2.15. The van der Waals surface area contributed by atoms with Crippen LogP contribution in [0.25, 0.3) is 0 Å². The molecule has 0 fully saturated rings. The van der Waals surface area contributed by atoms with Crippen molar-refractivity contribution in [2.45, 2.75) is 46.6 Å². The predicted molar refractivity (Wildman–Crippen MR) is 72.2 cm³/mol. The molecule has 0 aliphatic rings. The van der Waals surface area contributed by atoms with Crippen molar-refractivity contribution in [2.75, 3.05) is 0 Å². The molecule has 1 amide bonds. The monoisotopic (exact) mass is 233 g/mol. The summed E-state index contributed by atoms with van der Waals surface area (Å²) in [6.45, 7) is 8.44. The maximum absolute atomic E-state index is 12.0. The number of aryl methyl sites for hydroxylation is 1. The number of benzene rings is 1. The molecule has 1 aromatic rings. The van der Waals surface area contributed by atoms with Crippen molar-refractivity contribution >= 4 is 5.91 Å². The van der Waals surface area contributed by atoms with Crippen LogP contribution in [-0.4, -0.2) is 11.9 Å². The first kappa shape index (κ1) is 13.8. The van der Waals surface area contributed by atoms with Crippen LogP contribution in [0.3, 0.4) is 0 Å². The fraction of sp³-hybridized carbons (Fsp3) is 0.533. The Hall–Kier alpha value is -1.31. The Balaban J connectivity index is 2.52. The Morgan fingerprint density at radius 2 is 1.82 bits per heavy atom. The minimum Gasteiger partial charge on any atom is -0.350 e. The molecule has 1 atom stereocenters. The van der Waals surface area contributed by atoms with Crippen LogP contribution in [0.2, 0.25) is 0 Å². The van der Waals surface area contributed by atoms with E-state index in [1.807, 2.05) is 31.2 Å². The fourth-order valence-electron chi connectivity index (χ4n) is 1.78. The van der Waals surface area contributed by atoms with Gasteiger partial charge in [0.1, 0.15) is 0 Å². The van der Waals surface area contributed by atoms with E-state index in [1.54, 1.807) is 0 Å². The summed E-state index contributed by atoms with van der Waals surface area (Å²) in [7, 11) is 0. The molecule has 0 heterocycles. The predicted octanol–water partition coefficient (Wildman–Crippen LogP) is 3.55. The number of carbonyl (C=O) groups excluding carboxylic acids is 1. The van der Waals surface area contributed by atoms with Gasteiger partial charge in [-0.3, -0.25) is 4.79 Å². The van der Waals surface area contributed by atoms with Gasteiger partial charge in [-0.25, -0.2) is 0 Å². The molecule has 0 spiro atoms. The van der Waals surface area contributed by atoms with Gasteiger partial charge in [0.05, 0.1) is 0 Å². The van der Waals surface area contributed by atoms with Gasteiger partial charge in [-0.2, -0.15) is 0 Å². The maximum atomic E-state index is 12.0. The third kappa shape index (κ3) is 4.59. The van der Waals surface area contributed by atoms with Gasteiger partial charge >= 0.3 is 0 Å². The first-order valence-corrected chi connectivity index (χ1v) is 6.37. The summed E-state index contributed by atoms with van der Waals surface area (Å²) in [6, 6.07) is 7.94. The van der Waals surface area contributed by atoms with Crippen LogP contribution in [0.5, 0.6) is 0 Å². The van der Waals surface area contributed by atoms with Crippen molar-refractivity contribution in [3.05, 3.63) is 35.4 Å². The summed E-state index contributed by atoms with van der Waals surface area (Å²) >= 11 is 0. The van der Waals surface area contributed by atoms with Crippen molar-refractivity contribution in [2.24, 2.45) is 5.92 Å². The molecule has 2 nitrogen and oxygen atoms in total. The highest BCUT2D eigenvalue weighted by atomic mass is 16.1. The van der Waals surface area contributed by atoms with Crippen molar-refractivity contribution in [1.82, 2.24) is 5.32 Å². The second-order valence-electron chi connectivity index (χ2n) is 5.16. The van der Waals surface area contributed by atoms with Gasteiger partial charge in [-0.15, -0.1) is 0 Å². The first-order valence-electron chi connectivity index (χ1n) is 6.37. The number of nitrogens with one attached hydrogen (secondary N) is 1. The van der Waals surface area contributed by atoms with E-state index in [9.17, 15) is 4.79 Å². The van der Waals surface area contributed by atoms with E-state index < -0.39 is 0 Å². The molecule has 0 aliphatic carbocycles. The van der Waals surface area contributed by atoms with Crippen molar-refractivity contribution < 1.29 is 4.79 Å². The van der Waals surface area contributed by atoms with Crippen LogP contribution in [0, 0.1) is 12.8 Å². The van der Waals surface area contributed by atoms with Gasteiger partial charge in [0.15, 0.2) is 0 Å². The van der Waals surface area contributed by atoms with E-state index in [2.05, 4.69) is 26.1 Å². The van der Waals surface area contributed by atoms with Gasteiger partial charge in [-0.05, 0) is 44.2 Å². The van der Waals surface area contributed by atoms with Gasteiger partial charge in [-0.1, -0.05) is 32.0 Å². The van der Waals surface area contributed by atoms with Crippen LogP contribution in [0.15, 0.2) is 24.3 Å². The zero-order valence-electron chi connectivity index (χ0n) is 11.3. The van der Waals surface area contributed by atoms with E-state index in [1.165, 1.54) is 0 Å². The summed E-state index contributed by atoms with van der Waals surface area (Å²) in [6.07, 6.45) is 2.19. The molecule has 1 N–H and O–H groups in total. The molecule has 0 radical (unpaired) electrons. The van der Waals surface area contributed by atoms with Crippen molar-refractivity contribution in [3.8, 4) is 0 Å². The van der Waals surface area contributed by atoms with Gasteiger partial charge in [0, 0.05) is 11.6 Å². The Morgan fingerprint density at radius 3 is 2.41 bits per heavy atom. The van der Waals surface area contributed by atoms with Crippen LogP contribution < -0.4 is 5.32 Å². The largest absolute Gasteiger partial charge is 0.350 e. The van der Waals surface area contributed by atoms with Gasteiger partial charge in [0.2, 0.25) is 0 Å². The van der Waals surface area contributed by atoms with Crippen LogP contribution in [0.1, 0.15) is 49.5 Å². The molecular formula is C15H23NO. The quantitative estimate of drug-likeness (QED) is 0.828. The van der Waals surface area contributed by atoms with Crippen LogP contribution in [-0.2, 0) is 0 Å². The van der Waals surface area contributed by atoms with Crippen LogP contribution >= 0.6 is 0 Å². The third-order valence-electron chi connectivity index (χ3n) is 2.94. The Labute approximate surface area is 104 Å². The fourth-order valence-corrected chi connectivity index (χ4v) is 1.78. The summed E-state index contributed by atoms with van der Waals surface area (Å²) < 4.78 is 0. The lowest BCUT2D eigenvalue weighted by Crippen LogP contribution is -2.33. The molecule has 2 heteroatoms. The lowest BCUT2D eigenvalue weighted by molar-refractivity contribution is 0.0936. The standard InChI is InChI=1S/C15H23NO/c1-11(2)9-10-13(4)16-15(17)14-8-6-5-7-12(14)3/h5-8,11,13H,9-10H2,1-4H3,(H,16,17). The van der Waals surface area contributed by atoms with E-state index in [-0.39, 0.29) is 11.9 Å². The number of carbonyl (C=O) groups is 1. The summed E-state index contributed by atoms with van der Waals surface area (Å²) in [4.78, 5) is 12.0. The summed E-state index contributed by atoms with van der Waals surface area (Å²) in [5.41, 5.74) is 1.81. The number of amides is 1. The molecule has 1 aromatic carbocycles. The van der Waals surface area contributed by atoms with Gasteiger partial charge < -0.3 is 5.32 Å². The topological polar surface area (TPSA) is 29.1 Å². The Bertz CT molecular complexity index is 371. The zero-order valence-corrected chi connectivity index (χ0v) is 11.3. The molecule has 1 rings (SSSR count). The average Bonchev–Trinajstić information content (AvgIpc) is 2.26. The third-order valence-corrected chi connectivity index (χ3v) is 2.94. The van der Waals surface area contributed by atoms with Crippen molar-refractivity contribution in [3.63, 3.8) is 0 Å². The minimum absolute atomic E-state index is 0.0411. The number of rotatable bonds is 5. The molecule has 0 aromatic heterocycles. The second kappa shape index (κ2) is 6.43. The summed E-state index contributed by atoms with van der Waals surface area (Å²) in [5, 5.41) is 3.05. The highest BCUT2D eigenvalue weighted by Crippen LogP contribution is 2.09. The second-order valence-corrected chi connectivity index (χ2v) is 5.16. The van der Waals surface area contributed by atoms with Gasteiger partial charge in [0.25, 0.3) is 5.91 Å². The molecule has 17 heavy (non-hydrogen) atoms. The molecule has 0 saturated heterocycles. The molecule has 0 bridgehead atoms. The first-order chi connectivity index (χ1) is 8.00. The lowest BCUT2D eigenvalue weighted by atomic mass is 10.0. The zero-order chi connectivity index (χ0) is 12.8. The van der Waals surface area contributed by atoms with Crippen LogP contribution in [0.4, 0.5) is 0 Å². The van der Waals surface area contributed by atoms with E-state index in [0.29, 0.717) is 5.92 Å². The number of hydrogen-bond donors (Lipinski definition) is 1. The molecule has 0 saturated carbocycles. The van der Waals surface area contributed by atoms with E-state index >= 15 is 0 Å². The van der Waals surface area contributed by atoms with E-state index in [4.69, 9.17) is 0 Å². The molecule has 94 valence electrons. The van der Waals surface area contributed by atoms with E-state index in [0.717, 1.165) is 24.0 Å².